The lowest BCUT2D eigenvalue weighted by molar-refractivity contribution is -0.148. The van der Waals surface area contributed by atoms with Crippen LogP contribution in [0, 0.1) is 28.6 Å². The van der Waals surface area contributed by atoms with Crippen LogP contribution >= 0.6 is 0 Å². The summed E-state index contributed by atoms with van der Waals surface area (Å²) in [5, 5.41) is 8.67. The van der Waals surface area contributed by atoms with Gasteiger partial charge in [0.2, 0.25) is 17.6 Å². The quantitative estimate of drug-likeness (QED) is 0.196. The molecule has 0 saturated heterocycles. The maximum atomic E-state index is 14.5. The molecule has 0 radical (unpaired) electrons. The van der Waals surface area contributed by atoms with Gasteiger partial charge in [0.05, 0.1) is 6.04 Å². The van der Waals surface area contributed by atoms with Gasteiger partial charge in [0.15, 0.2) is 0 Å². The smallest absolute Gasteiger partial charge is 0.315 e. The molecule has 1 unspecified atom stereocenters. The predicted octanol–water partition coefficient (Wildman–Crippen LogP) is 4.69. The summed E-state index contributed by atoms with van der Waals surface area (Å²) in [6.07, 6.45) is 7.96. The average molecular weight is 620 g/mol. The maximum absolute atomic E-state index is 14.5. The fraction of sp³-hybridized carbons (Fsp3) is 0.853. The Kier molecular flexibility index (Phi) is 12.9. The fourth-order valence-corrected chi connectivity index (χ4v) is 6.79. The SMILES string of the molecule is CC[C@@H](CC1(C(C)C)CCC1)[C@@H](C(=O)NC(CC1CCC1)C(=O)C(N)=O)N(CC)C(=O)[C@@H](NC(=O)NC(C)(C)C)C(C)(C)C. The first kappa shape index (κ1) is 37.5. The van der Waals surface area contributed by atoms with Gasteiger partial charge in [0.25, 0.3) is 5.91 Å². The molecular weight excluding hydrogens is 558 g/mol. The molecule has 0 aromatic heterocycles. The van der Waals surface area contributed by atoms with Gasteiger partial charge in [-0.2, -0.15) is 0 Å². The van der Waals surface area contributed by atoms with Gasteiger partial charge in [0.1, 0.15) is 12.1 Å². The Morgan fingerprint density at radius 2 is 1.52 bits per heavy atom. The number of carbonyl (C=O) groups excluding carboxylic acids is 5. The average Bonchev–Trinajstić information content (AvgIpc) is 2.84. The third-order valence-corrected chi connectivity index (χ3v) is 9.99. The Labute approximate surface area is 265 Å². The summed E-state index contributed by atoms with van der Waals surface area (Å²) in [5.41, 5.74) is 4.32. The molecule has 44 heavy (non-hydrogen) atoms. The summed E-state index contributed by atoms with van der Waals surface area (Å²) in [7, 11) is 0. The highest BCUT2D eigenvalue weighted by Crippen LogP contribution is 2.52. The number of nitrogens with one attached hydrogen (secondary N) is 3. The number of nitrogens with two attached hydrogens (primary N) is 1. The van der Waals surface area contributed by atoms with E-state index in [0.29, 0.717) is 18.8 Å². The van der Waals surface area contributed by atoms with Gasteiger partial charge >= 0.3 is 6.03 Å². The van der Waals surface area contributed by atoms with Crippen LogP contribution in [0.1, 0.15) is 127 Å². The third kappa shape index (κ3) is 9.67. The van der Waals surface area contributed by atoms with Crippen molar-refractivity contribution in [3.8, 4) is 0 Å². The Hall–Kier alpha value is -2.65. The fourth-order valence-electron chi connectivity index (χ4n) is 6.79. The van der Waals surface area contributed by atoms with Crippen LogP contribution in [0.3, 0.4) is 0 Å². The van der Waals surface area contributed by atoms with Crippen LogP contribution < -0.4 is 21.7 Å². The summed E-state index contributed by atoms with van der Waals surface area (Å²) in [6, 6.07) is -3.30. The van der Waals surface area contributed by atoms with Crippen molar-refractivity contribution < 1.29 is 24.0 Å². The summed E-state index contributed by atoms with van der Waals surface area (Å²) < 4.78 is 0. The molecule has 2 aliphatic rings. The van der Waals surface area contributed by atoms with E-state index in [-0.39, 0.29) is 29.7 Å². The van der Waals surface area contributed by atoms with E-state index in [1.807, 2.05) is 55.4 Å². The largest absolute Gasteiger partial charge is 0.363 e. The number of primary amides is 1. The van der Waals surface area contributed by atoms with Crippen molar-refractivity contribution in [2.24, 2.45) is 34.3 Å². The second-order valence-electron chi connectivity index (χ2n) is 15.8. The second kappa shape index (κ2) is 15.1. The van der Waals surface area contributed by atoms with E-state index in [0.717, 1.165) is 44.9 Å². The minimum absolute atomic E-state index is 0.0737. The molecule has 0 aliphatic heterocycles. The number of likely N-dealkylation sites (N-methyl/N-ethyl adjacent to an activating group) is 1. The predicted molar refractivity (Wildman–Crippen MR) is 173 cm³/mol. The normalized spacial score (nSPS) is 19.4. The summed E-state index contributed by atoms with van der Waals surface area (Å²) in [6.45, 7) is 19.8. The molecule has 0 aromatic rings. The first-order valence-electron chi connectivity index (χ1n) is 16.8. The number of amides is 5. The number of Topliss-reactive ketones (excluding diaryl/α,β-unsaturated/α-hetero) is 1. The highest BCUT2D eigenvalue weighted by molar-refractivity contribution is 6.37. The van der Waals surface area contributed by atoms with Crippen LogP contribution in [-0.4, -0.2) is 64.6 Å². The molecule has 2 aliphatic carbocycles. The number of rotatable bonds is 15. The van der Waals surface area contributed by atoms with Gasteiger partial charge < -0.3 is 26.6 Å². The second-order valence-corrected chi connectivity index (χ2v) is 15.8. The van der Waals surface area contributed by atoms with E-state index < -0.39 is 52.7 Å². The van der Waals surface area contributed by atoms with Crippen LogP contribution in [-0.2, 0) is 19.2 Å². The van der Waals surface area contributed by atoms with Crippen molar-refractivity contribution in [3.05, 3.63) is 0 Å². The Morgan fingerprint density at radius 3 is 1.89 bits per heavy atom. The molecule has 252 valence electrons. The minimum atomic E-state index is -1.07. The monoisotopic (exact) mass is 619 g/mol. The molecule has 2 rings (SSSR count). The minimum Gasteiger partial charge on any atom is -0.363 e. The van der Waals surface area contributed by atoms with E-state index in [4.69, 9.17) is 5.73 Å². The molecule has 5 amide bonds. The number of carbonyl (C=O) groups is 5. The highest BCUT2D eigenvalue weighted by Gasteiger charge is 2.47. The lowest BCUT2D eigenvalue weighted by Crippen LogP contribution is -2.64. The summed E-state index contributed by atoms with van der Waals surface area (Å²) in [4.78, 5) is 68.4. The van der Waals surface area contributed by atoms with Crippen molar-refractivity contribution in [1.29, 1.82) is 0 Å². The van der Waals surface area contributed by atoms with Gasteiger partial charge in [-0.05, 0) is 82.0 Å². The standard InChI is InChI=1S/C34H61N5O5/c1-11-23(20-34(21(3)4)17-14-18-34)25(29(42)36-24(26(40)28(35)41)19-22-15-13-16-22)39(12-2)30(43)27(32(5,6)7)37-31(44)38-33(8,9)10/h21-25,27H,11-20H2,1-10H3,(H2,35,41)(H,36,42)(H2,37,38,44)/t23-,24?,25-,27+/m0/s1. The zero-order chi connectivity index (χ0) is 33.6. The van der Waals surface area contributed by atoms with Crippen molar-refractivity contribution in [1.82, 2.24) is 20.9 Å². The van der Waals surface area contributed by atoms with Crippen LogP contribution in [0.15, 0.2) is 0 Å². The first-order valence-corrected chi connectivity index (χ1v) is 16.8. The number of nitrogens with zero attached hydrogens (tertiary/aromatic N) is 1. The van der Waals surface area contributed by atoms with Crippen molar-refractivity contribution in [2.75, 3.05) is 6.54 Å². The van der Waals surface area contributed by atoms with E-state index in [9.17, 15) is 24.0 Å². The molecule has 5 N–H and O–H groups in total. The Bertz CT molecular complexity index is 1040. The van der Waals surface area contributed by atoms with Crippen molar-refractivity contribution in [2.45, 2.75) is 151 Å². The van der Waals surface area contributed by atoms with Crippen molar-refractivity contribution in [3.63, 3.8) is 0 Å². The third-order valence-electron chi connectivity index (χ3n) is 9.99. The molecule has 2 fully saturated rings. The van der Waals surface area contributed by atoms with Crippen LogP contribution in [0.5, 0.6) is 0 Å². The molecular formula is C34H61N5O5. The molecule has 4 atom stereocenters. The molecule has 0 bridgehead atoms. The highest BCUT2D eigenvalue weighted by atomic mass is 16.2. The van der Waals surface area contributed by atoms with Gasteiger partial charge in [-0.3, -0.25) is 19.2 Å². The van der Waals surface area contributed by atoms with Crippen LogP contribution in [0.25, 0.3) is 0 Å². The zero-order valence-corrected chi connectivity index (χ0v) is 29.1. The van der Waals surface area contributed by atoms with E-state index in [2.05, 4.69) is 29.8 Å². The van der Waals surface area contributed by atoms with Crippen molar-refractivity contribution >= 4 is 29.5 Å². The number of hydrogen-bond acceptors (Lipinski definition) is 5. The van der Waals surface area contributed by atoms with E-state index in [1.165, 1.54) is 0 Å². The van der Waals surface area contributed by atoms with E-state index in [1.54, 1.807) is 4.90 Å². The topological polar surface area (TPSA) is 151 Å². The molecule has 10 heteroatoms. The summed E-state index contributed by atoms with van der Waals surface area (Å²) in [5.74, 6) is -2.23. The zero-order valence-electron chi connectivity index (χ0n) is 29.1. The van der Waals surface area contributed by atoms with Gasteiger partial charge in [-0.15, -0.1) is 0 Å². The molecule has 0 aromatic carbocycles. The lowest BCUT2D eigenvalue weighted by Gasteiger charge is -2.50. The maximum Gasteiger partial charge on any atom is 0.315 e. The molecule has 10 nitrogen and oxygen atoms in total. The molecule has 0 spiro atoms. The molecule has 2 saturated carbocycles. The molecule has 0 heterocycles. The van der Waals surface area contributed by atoms with Gasteiger partial charge in [0, 0.05) is 12.1 Å². The van der Waals surface area contributed by atoms with Crippen LogP contribution in [0.2, 0.25) is 0 Å². The van der Waals surface area contributed by atoms with Gasteiger partial charge in [-0.25, -0.2) is 4.79 Å². The Balaban J connectivity index is 2.54. The lowest BCUT2D eigenvalue weighted by atomic mass is 9.57. The Morgan fingerprint density at radius 1 is 0.932 bits per heavy atom. The number of ketones is 1. The number of hydrogen-bond donors (Lipinski definition) is 4. The first-order chi connectivity index (χ1) is 20.3. The summed E-state index contributed by atoms with van der Waals surface area (Å²) >= 11 is 0. The van der Waals surface area contributed by atoms with Gasteiger partial charge in [-0.1, -0.05) is 73.6 Å². The number of urea groups is 1. The van der Waals surface area contributed by atoms with Crippen LogP contribution in [0.4, 0.5) is 4.79 Å². The van der Waals surface area contributed by atoms with E-state index >= 15 is 0 Å².